The number of hydrogen-bond donors (Lipinski definition) is 3. The maximum Gasteiger partial charge on any atom is 0.0685 e. The Bertz CT molecular complexity index is 242. The summed E-state index contributed by atoms with van der Waals surface area (Å²) in [5, 5.41) is 8.78. The van der Waals surface area contributed by atoms with Crippen LogP contribution in [-0.4, -0.2) is 16.7 Å². The van der Waals surface area contributed by atoms with Crippen LogP contribution in [-0.2, 0) is 0 Å². The van der Waals surface area contributed by atoms with E-state index in [2.05, 4.69) is 4.98 Å². The lowest BCUT2D eigenvalue weighted by Crippen LogP contribution is -2.15. The summed E-state index contributed by atoms with van der Waals surface area (Å²) in [6.45, 7) is 3.94. The van der Waals surface area contributed by atoms with Gasteiger partial charge >= 0.3 is 0 Å². The van der Waals surface area contributed by atoms with Crippen molar-refractivity contribution in [3.63, 3.8) is 0 Å². The fourth-order valence-corrected chi connectivity index (χ4v) is 1.23. The molecule has 3 heteroatoms. The Morgan fingerprint density at radius 1 is 1.64 bits per heavy atom. The number of aliphatic hydroxyl groups is 1. The number of aryl methyl sites for hydroxylation is 2. The molecule has 0 aromatic carbocycles. The molecule has 4 N–H and O–H groups in total. The molecule has 11 heavy (non-hydrogen) atoms. The Kier molecular flexibility index (Phi) is 2.31. The van der Waals surface area contributed by atoms with Gasteiger partial charge in [0.2, 0.25) is 0 Å². The minimum Gasteiger partial charge on any atom is -0.394 e. The lowest BCUT2D eigenvalue weighted by atomic mass is 10.1. The molecule has 0 saturated heterocycles. The predicted molar refractivity (Wildman–Crippen MR) is 44.3 cm³/mol. The van der Waals surface area contributed by atoms with E-state index in [1.807, 2.05) is 19.9 Å². The van der Waals surface area contributed by atoms with Crippen molar-refractivity contribution in [3.05, 3.63) is 23.0 Å². The van der Waals surface area contributed by atoms with Crippen molar-refractivity contribution in [1.29, 1.82) is 0 Å². The van der Waals surface area contributed by atoms with E-state index in [1.165, 1.54) is 0 Å². The maximum atomic E-state index is 8.78. The van der Waals surface area contributed by atoms with E-state index in [0.717, 1.165) is 17.0 Å². The van der Waals surface area contributed by atoms with Gasteiger partial charge in [0.1, 0.15) is 0 Å². The number of rotatable bonds is 2. The van der Waals surface area contributed by atoms with Gasteiger partial charge in [-0.1, -0.05) is 0 Å². The van der Waals surface area contributed by atoms with Crippen LogP contribution < -0.4 is 5.73 Å². The maximum absolute atomic E-state index is 8.78. The van der Waals surface area contributed by atoms with E-state index in [4.69, 9.17) is 10.8 Å². The van der Waals surface area contributed by atoms with Crippen molar-refractivity contribution < 1.29 is 5.11 Å². The molecule has 0 unspecified atom stereocenters. The third-order valence-corrected chi connectivity index (χ3v) is 1.76. The van der Waals surface area contributed by atoms with Gasteiger partial charge < -0.3 is 15.8 Å². The van der Waals surface area contributed by atoms with Crippen LogP contribution in [0, 0.1) is 13.8 Å². The molecule has 0 saturated carbocycles. The highest BCUT2D eigenvalue weighted by molar-refractivity contribution is 5.26. The fraction of sp³-hybridized carbons (Fsp3) is 0.500. The van der Waals surface area contributed by atoms with E-state index in [-0.39, 0.29) is 12.6 Å². The van der Waals surface area contributed by atoms with Crippen LogP contribution in [0.2, 0.25) is 0 Å². The molecule has 0 amide bonds. The van der Waals surface area contributed by atoms with Crippen molar-refractivity contribution in [3.8, 4) is 0 Å². The standard InChI is InChI=1S/C8H14N2O/c1-5-3-6(2)10-8(5)7(9)4-11/h3,7,10-11H,4,9H2,1-2H3/t7-/m1/s1. The molecule has 0 radical (unpaired) electrons. The molecule has 1 rings (SSSR count). The minimum absolute atomic E-state index is 0.0131. The molecule has 0 spiro atoms. The second-order valence-electron chi connectivity index (χ2n) is 2.84. The van der Waals surface area contributed by atoms with Gasteiger partial charge in [-0.15, -0.1) is 0 Å². The van der Waals surface area contributed by atoms with Gasteiger partial charge in [-0.05, 0) is 25.5 Å². The number of nitrogens with two attached hydrogens (primary N) is 1. The number of H-pyrrole nitrogens is 1. The van der Waals surface area contributed by atoms with E-state index >= 15 is 0 Å². The largest absolute Gasteiger partial charge is 0.394 e. The summed E-state index contributed by atoms with van der Waals surface area (Å²) in [4.78, 5) is 3.11. The fourth-order valence-electron chi connectivity index (χ4n) is 1.23. The zero-order chi connectivity index (χ0) is 8.43. The highest BCUT2D eigenvalue weighted by atomic mass is 16.3. The molecule has 1 aromatic rings. The topological polar surface area (TPSA) is 62.0 Å². The van der Waals surface area contributed by atoms with Gasteiger partial charge in [0, 0.05) is 11.4 Å². The quantitative estimate of drug-likeness (QED) is 0.585. The molecular weight excluding hydrogens is 140 g/mol. The van der Waals surface area contributed by atoms with Gasteiger partial charge in [0.15, 0.2) is 0 Å². The van der Waals surface area contributed by atoms with Gasteiger partial charge in [-0.3, -0.25) is 0 Å². The van der Waals surface area contributed by atoms with Crippen molar-refractivity contribution in [2.75, 3.05) is 6.61 Å². The minimum atomic E-state index is -0.274. The molecule has 3 nitrogen and oxygen atoms in total. The third-order valence-electron chi connectivity index (χ3n) is 1.76. The number of nitrogens with one attached hydrogen (secondary N) is 1. The Hall–Kier alpha value is -0.800. The summed E-state index contributed by atoms with van der Waals surface area (Å²) in [6.07, 6.45) is 0. The monoisotopic (exact) mass is 154 g/mol. The highest BCUT2D eigenvalue weighted by Crippen LogP contribution is 2.14. The lowest BCUT2D eigenvalue weighted by Gasteiger charge is -2.06. The zero-order valence-electron chi connectivity index (χ0n) is 6.89. The molecule has 1 atom stereocenters. The van der Waals surface area contributed by atoms with E-state index in [1.54, 1.807) is 0 Å². The summed E-state index contributed by atoms with van der Waals surface area (Å²) < 4.78 is 0. The van der Waals surface area contributed by atoms with E-state index in [0.29, 0.717) is 0 Å². The van der Waals surface area contributed by atoms with Crippen molar-refractivity contribution in [1.82, 2.24) is 4.98 Å². The molecule has 0 aliphatic heterocycles. The van der Waals surface area contributed by atoms with Crippen LogP contribution >= 0.6 is 0 Å². The van der Waals surface area contributed by atoms with Gasteiger partial charge in [-0.2, -0.15) is 0 Å². The first kappa shape index (κ1) is 8.30. The van der Waals surface area contributed by atoms with Crippen LogP contribution in [0.3, 0.4) is 0 Å². The average Bonchev–Trinajstić information content (AvgIpc) is 2.28. The van der Waals surface area contributed by atoms with E-state index < -0.39 is 0 Å². The summed E-state index contributed by atoms with van der Waals surface area (Å²) in [6, 6.07) is 1.74. The zero-order valence-corrected chi connectivity index (χ0v) is 6.89. The first-order chi connectivity index (χ1) is 5.15. The first-order valence-electron chi connectivity index (χ1n) is 3.67. The molecule has 1 heterocycles. The number of hydrogen-bond acceptors (Lipinski definition) is 2. The Morgan fingerprint density at radius 2 is 2.27 bits per heavy atom. The predicted octanol–water partition coefficient (Wildman–Crippen LogP) is 0.624. The summed E-state index contributed by atoms with van der Waals surface area (Å²) in [7, 11) is 0. The van der Waals surface area contributed by atoms with E-state index in [9.17, 15) is 0 Å². The van der Waals surface area contributed by atoms with Crippen LogP contribution in [0.15, 0.2) is 6.07 Å². The summed E-state index contributed by atoms with van der Waals surface area (Å²) in [5.74, 6) is 0. The molecule has 0 fully saturated rings. The van der Waals surface area contributed by atoms with Crippen LogP contribution in [0.4, 0.5) is 0 Å². The number of aromatic nitrogens is 1. The summed E-state index contributed by atoms with van der Waals surface area (Å²) >= 11 is 0. The summed E-state index contributed by atoms with van der Waals surface area (Å²) in [5.41, 5.74) is 8.76. The number of aromatic amines is 1. The third kappa shape index (κ3) is 1.61. The van der Waals surface area contributed by atoms with Gasteiger partial charge in [0.05, 0.1) is 12.6 Å². The molecule has 0 bridgehead atoms. The second kappa shape index (κ2) is 3.07. The Morgan fingerprint density at radius 3 is 2.64 bits per heavy atom. The van der Waals surface area contributed by atoms with Gasteiger partial charge in [0.25, 0.3) is 0 Å². The van der Waals surface area contributed by atoms with Crippen LogP contribution in [0.5, 0.6) is 0 Å². The molecule has 0 aliphatic rings. The first-order valence-corrected chi connectivity index (χ1v) is 3.67. The van der Waals surface area contributed by atoms with Crippen molar-refractivity contribution in [2.45, 2.75) is 19.9 Å². The van der Waals surface area contributed by atoms with Crippen molar-refractivity contribution >= 4 is 0 Å². The molecule has 0 aliphatic carbocycles. The number of aliphatic hydroxyl groups excluding tert-OH is 1. The van der Waals surface area contributed by atoms with Crippen LogP contribution in [0.1, 0.15) is 23.0 Å². The van der Waals surface area contributed by atoms with Crippen molar-refractivity contribution in [2.24, 2.45) is 5.73 Å². The molecule has 1 aromatic heterocycles. The Balaban J connectivity index is 2.93. The second-order valence-corrected chi connectivity index (χ2v) is 2.84. The molecular formula is C8H14N2O. The van der Waals surface area contributed by atoms with Crippen LogP contribution in [0.25, 0.3) is 0 Å². The molecule has 62 valence electrons. The smallest absolute Gasteiger partial charge is 0.0685 e. The SMILES string of the molecule is Cc1cc(C)c([C@H](N)CO)[nH]1. The average molecular weight is 154 g/mol. The van der Waals surface area contributed by atoms with Gasteiger partial charge in [-0.25, -0.2) is 0 Å². The normalized spacial score (nSPS) is 13.5. The lowest BCUT2D eigenvalue weighted by molar-refractivity contribution is 0.266. The Labute approximate surface area is 66.2 Å². The highest BCUT2D eigenvalue weighted by Gasteiger charge is 2.08.